The maximum absolute atomic E-state index is 5.93. The molecule has 0 saturated carbocycles. The molecule has 0 amide bonds. The van der Waals surface area contributed by atoms with E-state index < -0.39 is 0 Å². The summed E-state index contributed by atoms with van der Waals surface area (Å²) < 4.78 is 13.2. The summed E-state index contributed by atoms with van der Waals surface area (Å²) in [5, 5.41) is 12.8. The summed E-state index contributed by atoms with van der Waals surface area (Å²) in [6.45, 7) is 2.32. The van der Waals surface area contributed by atoms with Gasteiger partial charge < -0.3 is 9.47 Å². The fourth-order valence-electron chi connectivity index (χ4n) is 2.76. The molecule has 6 nitrogen and oxygen atoms in total. The van der Waals surface area contributed by atoms with E-state index in [0.29, 0.717) is 6.61 Å². The largest absolute Gasteiger partial charge is 0.497 e. The molecule has 0 spiro atoms. The second kappa shape index (κ2) is 9.11. The van der Waals surface area contributed by atoms with Crippen LogP contribution in [0.3, 0.4) is 0 Å². The lowest BCUT2D eigenvalue weighted by Crippen LogP contribution is -2.06. The van der Waals surface area contributed by atoms with Crippen molar-refractivity contribution in [3.8, 4) is 17.2 Å². The number of methoxy groups -OCH3 is 1. The van der Waals surface area contributed by atoms with Crippen LogP contribution in [-0.2, 0) is 12.4 Å². The minimum Gasteiger partial charge on any atom is -0.497 e. The van der Waals surface area contributed by atoms with Gasteiger partial charge in [0, 0.05) is 16.8 Å². The molecule has 2 heterocycles. The van der Waals surface area contributed by atoms with Crippen LogP contribution in [0.2, 0.25) is 0 Å². The van der Waals surface area contributed by atoms with Crippen LogP contribution in [0, 0.1) is 6.92 Å². The second-order valence-corrected chi connectivity index (χ2v) is 8.19. The Morgan fingerprint density at radius 1 is 1.00 bits per heavy atom. The Labute approximate surface area is 177 Å². The fraction of sp³-hybridized carbons (Fsp3) is 0.190. The van der Waals surface area contributed by atoms with E-state index in [-0.39, 0.29) is 0 Å². The smallest absolute Gasteiger partial charge is 0.196 e. The Morgan fingerprint density at radius 2 is 1.76 bits per heavy atom. The van der Waals surface area contributed by atoms with Gasteiger partial charge in [-0.25, -0.2) is 4.98 Å². The second-order valence-electron chi connectivity index (χ2n) is 6.18. The van der Waals surface area contributed by atoms with Crippen molar-refractivity contribution in [3.63, 3.8) is 0 Å². The number of nitrogens with zero attached hydrogens (tertiary/aromatic N) is 4. The molecule has 2 aromatic carbocycles. The Bertz CT molecular complexity index is 1060. The van der Waals surface area contributed by atoms with Gasteiger partial charge in [-0.1, -0.05) is 30.0 Å². The van der Waals surface area contributed by atoms with Crippen LogP contribution in [0.1, 0.15) is 16.5 Å². The van der Waals surface area contributed by atoms with Gasteiger partial charge in [-0.3, -0.25) is 4.57 Å². The van der Waals surface area contributed by atoms with E-state index >= 15 is 0 Å². The molecule has 0 radical (unpaired) electrons. The van der Waals surface area contributed by atoms with E-state index in [9.17, 15) is 0 Å². The monoisotopic (exact) mass is 424 g/mol. The molecule has 0 aliphatic carbocycles. The van der Waals surface area contributed by atoms with Crippen molar-refractivity contribution in [3.05, 3.63) is 76.5 Å². The molecule has 29 heavy (non-hydrogen) atoms. The number of para-hydroxylation sites is 1. The van der Waals surface area contributed by atoms with Crippen molar-refractivity contribution in [2.45, 2.75) is 24.4 Å². The van der Waals surface area contributed by atoms with Crippen LogP contribution < -0.4 is 9.47 Å². The molecule has 4 rings (SSSR count). The van der Waals surface area contributed by atoms with Crippen molar-refractivity contribution in [1.82, 2.24) is 19.7 Å². The number of aryl methyl sites for hydroxylation is 1. The summed E-state index contributed by atoms with van der Waals surface area (Å²) >= 11 is 3.27. The molecule has 148 valence electrons. The topological polar surface area (TPSA) is 62.1 Å². The lowest BCUT2D eigenvalue weighted by atomic mass is 10.3. The standard InChI is InChI=1S/C21H20N4O2S2/c1-15-22-16(13-28-15)14-29-21-24-23-20(25(21)17-6-4-3-5-7-17)12-27-19-10-8-18(26-2)9-11-19/h3-11,13H,12,14H2,1-2H3. The SMILES string of the molecule is COc1ccc(OCc2nnc(SCc3csc(C)n3)n2-c2ccccc2)cc1. The molecule has 0 aliphatic heterocycles. The zero-order valence-electron chi connectivity index (χ0n) is 16.1. The van der Waals surface area contributed by atoms with Crippen LogP contribution in [0.15, 0.2) is 65.1 Å². The first kappa shape index (κ1) is 19.5. The van der Waals surface area contributed by atoms with Gasteiger partial charge in [-0.2, -0.15) is 0 Å². The average Bonchev–Trinajstić information content (AvgIpc) is 3.37. The fourth-order valence-corrected chi connectivity index (χ4v) is 4.34. The van der Waals surface area contributed by atoms with Crippen LogP contribution in [0.4, 0.5) is 0 Å². The van der Waals surface area contributed by atoms with Gasteiger partial charge in [-0.05, 0) is 43.3 Å². The van der Waals surface area contributed by atoms with E-state index in [4.69, 9.17) is 9.47 Å². The lowest BCUT2D eigenvalue weighted by molar-refractivity contribution is 0.292. The third-order valence-corrected chi connectivity index (χ3v) is 5.94. The van der Waals surface area contributed by atoms with Crippen LogP contribution in [0.5, 0.6) is 11.5 Å². The van der Waals surface area contributed by atoms with Crippen molar-refractivity contribution >= 4 is 23.1 Å². The minimum atomic E-state index is 0.310. The molecular weight excluding hydrogens is 404 g/mol. The van der Waals surface area contributed by atoms with E-state index in [1.54, 1.807) is 30.2 Å². The molecule has 0 fully saturated rings. The summed E-state index contributed by atoms with van der Waals surface area (Å²) in [5.41, 5.74) is 2.05. The summed E-state index contributed by atoms with van der Waals surface area (Å²) in [4.78, 5) is 4.53. The lowest BCUT2D eigenvalue weighted by Gasteiger charge is -2.11. The number of rotatable bonds is 8. The van der Waals surface area contributed by atoms with E-state index in [2.05, 4.69) is 20.6 Å². The third-order valence-electron chi connectivity index (χ3n) is 4.16. The molecule has 2 aromatic heterocycles. The molecule has 0 aliphatic rings. The maximum Gasteiger partial charge on any atom is 0.196 e. The summed E-state index contributed by atoms with van der Waals surface area (Å²) in [7, 11) is 1.64. The highest BCUT2D eigenvalue weighted by Gasteiger charge is 2.16. The predicted molar refractivity (Wildman–Crippen MR) is 115 cm³/mol. The van der Waals surface area contributed by atoms with Crippen molar-refractivity contribution in [1.29, 1.82) is 0 Å². The van der Waals surface area contributed by atoms with Crippen molar-refractivity contribution < 1.29 is 9.47 Å². The zero-order valence-corrected chi connectivity index (χ0v) is 17.7. The minimum absolute atomic E-state index is 0.310. The molecule has 0 unspecified atom stereocenters. The Balaban J connectivity index is 1.55. The molecule has 0 saturated heterocycles. The summed E-state index contributed by atoms with van der Waals surface area (Å²) in [6.07, 6.45) is 0. The van der Waals surface area contributed by atoms with Crippen molar-refractivity contribution in [2.24, 2.45) is 0 Å². The summed E-state index contributed by atoms with van der Waals surface area (Å²) in [6, 6.07) is 17.6. The number of thiazole rings is 1. The van der Waals surface area contributed by atoms with Crippen LogP contribution in [0.25, 0.3) is 5.69 Å². The normalized spacial score (nSPS) is 10.8. The summed E-state index contributed by atoms with van der Waals surface area (Å²) in [5.74, 6) is 3.03. The van der Waals surface area contributed by atoms with Gasteiger partial charge in [0.1, 0.15) is 18.1 Å². The molecular formula is C21H20N4O2S2. The highest BCUT2D eigenvalue weighted by molar-refractivity contribution is 7.98. The maximum atomic E-state index is 5.93. The van der Waals surface area contributed by atoms with Gasteiger partial charge in [0.25, 0.3) is 0 Å². The number of aromatic nitrogens is 4. The van der Waals surface area contributed by atoms with E-state index in [1.165, 1.54) is 0 Å². The Kier molecular flexibility index (Phi) is 6.12. The molecule has 0 N–H and O–H groups in total. The Hall–Kier alpha value is -2.84. The predicted octanol–water partition coefficient (Wildman–Crippen LogP) is 4.91. The van der Waals surface area contributed by atoms with Gasteiger partial charge in [0.15, 0.2) is 11.0 Å². The quantitative estimate of drug-likeness (QED) is 0.375. The van der Waals surface area contributed by atoms with Gasteiger partial charge in [0.2, 0.25) is 0 Å². The van der Waals surface area contributed by atoms with Crippen molar-refractivity contribution in [2.75, 3.05) is 7.11 Å². The first-order valence-corrected chi connectivity index (χ1v) is 10.9. The third kappa shape index (κ3) is 4.78. The molecule has 4 aromatic rings. The van der Waals surface area contributed by atoms with Gasteiger partial charge in [-0.15, -0.1) is 21.5 Å². The average molecular weight is 425 g/mol. The van der Waals surface area contributed by atoms with E-state index in [1.807, 2.05) is 66.1 Å². The number of benzene rings is 2. The molecule has 0 atom stereocenters. The zero-order chi connectivity index (χ0) is 20.1. The Morgan fingerprint density at radius 3 is 2.45 bits per heavy atom. The first-order chi connectivity index (χ1) is 14.2. The van der Waals surface area contributed by atoms with Crippen LogP contribution >= 0.6 is 23.1 Å². The van der Waals surface area contributed by atoms with Gasteiger partial charge >= 0.3 is 0 Å². The number of hydrogen-bond donors (Lipinski definition) is 0. The highest BCUT2D eigenvalue weighted by Crippen LogP contribution is 2.26. The highest BCUT2D eigenvalue weighted by atomic mass is 32.2. The number of thioether (sulfide) groups is 1. The first-order valence-electron chi connectivity index (χ1n) is 9.03. The van der Waals surface area contributed by atoms with Crippen LogP contribution in [-0.4, -0.2) is 26.9 Å². The van der Waals surface area contributed by atoms with E-state index in [0.717, 1.165) is 44.6 Å². The number of ether oxygens (including phenoxy) is 2. The molecule has 8 heteroatoms. The van der Waals surface area contributed by atoms with Gasteiger partial charge in [0.05, 0.1) is 17.8 Å². The number of hydrogen-bond acceptors (Lipinski definition) is 7. The molecule has 0 bridgehead atoms.